The van der Waals surface area contributed by atoms with E-state index in [-0.39, 0.29) is 23.0 Å². The lowest BCUT2D eigenvalue weighted by atomic mass is 10.0. The molecule has 0 saturated carbocycles. The van der Waals surface area contributed by atoms with E-state index >= 15 is 0 Å². The molecule has 1 aliphatic heterocycles. The molecule has 0 radical (unpaired) electrons. The van der Waals surface area contributed by atoms with Crippen molar-refractivity contribution in [2.24, 2.45) is 0 Å². The molecule has 0 atom stereocenters. The summed E-state index contributed by atoms with van der Waals surface area (Å²) < 4.78 is 74.3. The van der Waals surface area contributed by atoms with Gasteiger partial charge in [-0.15, -0.1) is 13.2 Å². The second-order valence-electron chi connectivity index (χ2n) is 5.23. The van der Waals surface area contributed by atoms with Crippen molar-refractivity contribution >= 4 is 0 Å². The molecule has 0 unspecified atom stereocenters. The fourth-order valence-electron chi connectivity index (χ4n) is 2.22. The first-order valence-corrected chi connectivity index (χ1v) is 7.04. The van der Waals surface area contributed by atoms with E-state index in [4.69, 9.17) is 4.74 Å². The van der Waals surface area contributed by atoms with Gasteiger partial charge in [0.05, 0.1) is 0 Å². The SMILES string of the molecule is Fc1ccc(F)c(-c2ccc(OC3CNC3)c(OC(F)(F)F)c2)c1. The summed E-state index contributed by atoms with van der Waals surface area (Å²) in [5.74, 6) is -2.17. The maximum Gasteiger partial charge on any atom is 0.573 e. The van der Waals surface area contributed by atoms with E-state index in [1.165, 1.54) is 12.1 Å². The Labute approximate surface area is 134 Å². The summed E-state index contributed by atoms with van der Waals surface area (Å²) in [6, 6.07) is 6.30. The van der Waals surface area contributed by atoms with Crippen molar-refractivity contribution in [2.45, 2.75) is 12.5 Å². The van der Waals surface area contributed by atoms with Gasteiger partial charge in [0.25, 0.3) is 0 Å². The molecule has 1 fully saturated rings. The first kappa shape index (κ1) is 16.5. The highest BCUT2D eigenvalue weighted by atomic mass is 19.4. The highest BCUT2D eigenvalue weighted by molar-refractivity contribution is 5.68. The third kappa shape index (κ3) is 3.76. The molecule has 1 saturated heterocycles. The zero-order valence-corrected chi connectivity index (χ0v) is 12.2. The van der Waals surface area contributed by atoms with Crippen LogP contribution in [0.3, 0.4) is 0 Å². The van der Waals surface area contributed by atoms with Gasteiger partial charge in [-0.05, 0) is 35.9 Å². The molecular weight excluding hydrogens is 333 g/mol. The van der Waals surface area contributed by atoms with E-state index < -0.39 is 23.7 Å². The Morgan fingerprint density at radius 3 is 2.33 bits per heavy atom. The van der Waals surface area contributed by atoms with Crippen LogP contribution in [0.4, 0.5) is 22.0 Å². The summed E-state index contributed by atoms with van der Waals surface area (Å²) in [7, 11) is 0. The summed E-state index contributed by atoms with van der Waals surface area (Å²) in [6.07, 6.45) is -5.20. The van der Waals surface area contributed by atoms with Gasteiger partial charge in [-0.2, -0.15) is 0 Å². The average molecular weight is 345 g/mol. The molecule has 0 spiro atoms. The van der Waals surface area contributed by atoms with Gasteiger partial charge in [-0.1, -0.05) is 6.07 Å². The lowest BCUT2D eigenvalue weighted by Crippen LogP contribution is -2.50. The standard InChI is InChI=1S/C16H12F5NO2/c17-10-2-3-13(18)12(6-10)9-1-4-14(23-11-7-22-8-11)15(5-9)24-16(19,20)21/h1-6,11,22H,7-8H2. The Balaban J connectivity index is 1.99. The largest absolute Gasteiger partial charge is 0.573 e. The first-order chi connectivity index (χ1) is 11.3. The molecule has 128 valence electrons. The second-order valence-corrected chi connectivity index (χ2v) is 5.23. The smallest absolute Gasteiger partial charge is 0.484 e. The van der Waals surface area contributed by atoms with E-state index in [1.54, 1.807) is 0 Å². The Morgan fingerprint density at radius 1 is 0.958 bits per heavy atom. The van der Waals surface area contributed by atoms with Gasteiger partial charge in [0.1, 0.15) is 17.7 Å². The number of rotatable bonds is 4. The van der Waals surface area contributed by atoms with E-state index in [2.05, 4.69) is 10.1 Å². The van der Waals surface area contributed by atoms with Crippen molar-refractivity contribution in [1.82, 2.24) is 5.32 Å². The van der Waals surface area contributed by atoms with Crippen LogP contribution in [0.25, 0.3) is 11.1 Å². The van der Waals surface area contributed by atoms with Crippen LogP contribution in [0.5, 0.6) is 11.5 Å². The predicted octanol–water partition coefficient (Wildman–Crippen LogP) is 3.88. The summed E-state index contributed by atoms with van der Waals surface area (Å²) in [5.41, 5.74) is -0.121. The Kier molecular flexibility index (Phi) is 4.31. The monoisotopic (exact) mass is 345 g/mol. The summed E-state index contributed by atoms with van der Waals surface area (Å²) in [6.45, 7) is 1.01. The molecule has 3 rings (SSSR count). The number of hydrogen-bond donors (Lipinski definition) is 1. The summed E-state index contributed by atoms with van der Waals surface area (Å²) in [4.78, 5) is 0. The average Bonchev–Trinajstić information content (AvgIpc) is 2.45. The number of nitrogens with one attached hydrogen (secondary N) is 1. The molecule has 0 bridgehead atoms. The normalized spacial score (nSPS) is 15.0. The molecule has 0 amide bonds. The summed E-state index contributed by atoms with van der Waals surface area (Å²) in [5, 5.41) is 2.92. The van der Waals surface area contributed by atoms with Crippen molar-refractivity contribution in [3.05, 3.63) is 48.0 Å². The third-order valence-electron chi connectivity index (χ3n) is 3.45. The van der Waals surface area contributed by atoms with Gasteiger partial charge in [-0.3, -0.25) is 0 Å². The maximum absolute atomic E-state index is 13.8. The zero-order valence-electron chi connectivity index (χ0n) is 12.2. The van der Waals surface area contributed by atoms with Gasteiger partial charge < -0.3 is 14.8 Å². The van der Waals surface area contributed by atoms with Crippen LogP contribution >= 0.6 is 0 Å². The fourth-order valence-corrected chi connectivity index (χ4v) is 2.22. The van der Waals surface area contributed by atoms with Crippen molar-refractivity contribution in [2.75, 3.05) is 13.1 Å². The minimum Gasteiger partial charge on any atom is -0.484 e. The van der Waals surface area contributed by atoms with Gasteiger partial charge >= 0.3 is 6.36 Å². The third-order valence-corrected chi connectivity index (χ3v) is 3.45. The fraction of sp³-hybridized carbons (Fsp3) is 0.250. The van der Waals surface area contributed by atoms with E-state index in [0.717, 1.165) is 24.3 Å². The molecule has 1 heterocycles. The molecular formula is C16H12F5NO2. The Bertz CT molecular complexity index is 744. The number of benzene rings is 2. The highest BCUT2D eigenvalue weighted by Gasteiger charge is 2.33. The molecule has 3 nitrogen and oxygen atoms in total. The molecule has 0 aromatic heterocycles. The second kappa shape index (κ2) is 6.27. The molecule has 0 aliphatic carbocycles. The molecule has 24 heavy (non-hydrogen) atoms. The van der Waals surface area contributed by atoms with Crippen LogP contribution in [0.2, 0.25) is 0 Å². The van der Waals surface area contributed by atoms with Crippen molar-refractivity contribution in [3.8, 4) is 22.6 Å². The maximum atomic E-state index is 13.8. The highest BCUT2D eigenvalue weighted by Crippen LogP contribution is 2.37. The van der Waals surface area contributed by atoms with Gasteiger partial charge in [-0.25, -0.2) is 8.78 Å². The molecule has 1 aliphatic rings. The Hall–Kier alpha value is -2.35. The molecule has 1 N–H and O–H groups in total. The van der Waals surface area contributed by atoms with Gasteiger partial charge in [0.15, 0.2) is 11.5 Å². The number of alkyl halides is 3. The van der Waals surface area contributed by atoms with Crippen LogP contribution in [0, 0.1) is 11.6 Å². The van der Waals surface area contributed by atoms with Gasteiger partial charge in [0, 0.05) is 18.7 Å². The lowest BCUT2D eigenvalue weighted by Gasteiger charge is -2.28. The zero-order chi connectivity index (χ0) is 17.3. The molecule has 8 heteroatoms. The van der Waals surface area contributed by atoms with Crippen molar-refractivity contribution in [3.63, 3.8) is 0 Å². The van der Waals surface area contributed by atoms with E-state index in [0.29, 0.717) is 13.1 Å². The number of halogens is 5. The summed E-state index contributed by atoms with van der Waals surface area (Å²) >= 11 is 0. The number of hydrogen-bond acceptors (Lipinski definition) is 3. The van der Waals surface area contributed by atoms with Crippen LogP contribution in [-0.2, 0) is 0 Å². The van der Waals surface area contributed by atoms with Crippen molar-refractivity contribution < 1.29 is 31.4 Å². The topological polar surface area (TPSA) is 30.5 Å². The van der Waals surface area contributed by atoms with E-state index in [1.807, 2.05) is 0 Å². The van der Waals surface area contributed by atoms with Gasteiger partial charge in [0.2, 0.25) is 0 Å². The molecule has 2 aromatic carbocycles. The number of ether oxygens (including phenoxy) is 2. The first-order valence-electron chi connectivity index (χ1n) is 7.04. The quantitative estimate of drug-likeness (QED) is 0.853. The minimum absolute atomic E-state index is 0.0466. The van der Waals surface area contributed by atoms with Crippen LogP contribution < -0.4 is 14.8 Å². The minimum atomic E-state index is -4.94. The lowest BCUT2D eigenvalue weighted by molar-refractivity contribution is -0.275. The van der Waals surface area contributed by atoms with Crippen LogP contribution in [0.15, 0.2) is 36.4 Å². The predicted molar refractivity (Wildman–Crippen MR) is 75.8 cm³/mol. The van der Waals surface area contributed by atoms with Crippen molar-refractivity contribution in [1.29, 1.82) is 0 Å². The Morgan fingerprint density at radius 2 is 1.71 bits per heavy atom. The van der Waals surface area contributed by atoms with Crippen LogP contribution in [-0.4, -0.2) is 25.6 Å². The van der Waals surface area contributed by atoms with E-state index in [9.17, 15) is 22.0 Å². The molecule has 2 aromatic rings. The van der Waals surface area contributed by atoms with Crippen LogP contribution in [0.1, 0.15) is 0 Å².